The molecular weight excluding hydrogens is 300 g/mol. The van der Waals surface area contributed by atoms with Crippen LogP contribution in [-0.2, 0) is 0 Å². The van der Waals surface area contributed by atoms with E-state index in [1.54, 1.807) is 12.4 Å². The molecule has 2 aromatic carbocycles. The lowest BCUT2D eigenvalue weighted by molar-refractivity contribution is 0.0160. The molecule has 124 valence electrons. The van der Waals surface area contributed by atoms with E-state index in [2.05, 4.69) is 9.98 Å². The monoisotopic (exact) mass is 322 g/mol. The predicted molar refractivity (Wildman–Crippen MR) is 96.9 cm³/mol. The van der Waals surface area contributed by atoms with Crippen molar-refractivity contribution in [1.82, 2.24) is 0 Å². The molecule has 1 saturated carbocycles. The van der Waals surface area contributed by atoms with Gasteiger partial charge in [-0.2, -0.15) is 0 Å². The number of aliphatic hydroxyl groups excluding tert-OH is 2. The molecule has 0 aliphatic heterocycles. The normalized spacial score (nSPS) is 27.8. The van der Waals surface area contributed by atoms with Gasteiger partial charge in [-0.15, -0.1) is 0 Å². The third kappa shape index (κ3) is 4.37. The molecule has 2 N–H and O–H groups in total. The fourth-order valence-electron chi connectivity index (χ4n) is 2.89. The first-order valence-corrected chi connectivity index (χ1v) is 8.25. The van der Waals surface area contributed by atoms with Gasteiger partial charge < -0.3 is 10.2 Å². The van der Waals surface area contributed by atoms with Crippen LogP contribution in [0.2, 0.25) is 0 Å². The van der Waals surface area contributed by atoms with Crippen molar-refractivity contribution in [1.29, 1.82) is 0 Å². The molecule has 4 unspecified atom stereocenters. The second-order valence-corrected chi connectivity index (χ2v) is 6.12. The minimum absolute atomic E-state index is 0.244. The van der Waals surface area contributed by atoms with Crippen molar-refractivity contribution < 1.29 is 10.2 Å². The number of aliphatic hydroxyl groups is 2. The highest BCUT2D eigenvalue weighted by atomic mass is 16.3. The largest absolute Gasteiger partial charge is 0.391 e. The molecule has 0 amide bonds. The lowest BCUT2D eigenvalue weighted by Crippen LogP contribution is -2.43. The van der Waals surface area contributed by atoms with Crippen LogP contribution in [0.1, 0.15) is 24.0 Å². The van der Waals surface area contributed by atoms with E-state index in [4.69, 9.17) is 0 Å². The minimum atomic E-state index is -0.636. The molecular formula is C20H22N2O2. The zero-order valence-corrected chi connectivity index (χ0v) is 13.4. The Balaban J connectivity index is 1.68. The number of aliphatic imine (C=N–C) groups is 2. The Bertz CT molecular complexity index is 626. The summed E-state index contributed by atoms with van der Waals surface area (Å²) >= 11 is 0. The molecule has 0 heterocycles. The third-order valence-corrected chi connectivity index (χ3v) is 4.28. The first-order chi connectivity index (χ1) is 11.7. The van der Waals surface area contributed by atoms with Crippen LogP contribution in [0.25, 0.3) is 0 Å². The zero-order valence-electron chi connectivity index (χ0n) is 13.4. The Morgan fingerprint density at radius 3 is 1.50 bits per heavy atom. The molecule has 4 heteroatoms. The van der Waals surface area contributed by atoms with Gasteiger partial charge in [-0.25, -0.2) is 0 Å². The molecule has 1 aliphatic rings. The number of benzene rings is 2. The topological polar surface area (TPSA) is 65.2 Å². The molecule has 3 rings (SSSR count). The van der Waals surface area contributed by atoms with E-state index < -0.39 is 12.2 Å². The first kappa shape index (κ1) is 16.6. The standard InChI is InChI=1S/C20H22N2O2/c23-19-12-20(24)18(22-14-16-9-5-2-6-10-16)11-17(19)21-13-15-7-3-1-4-8-15/h1-10,13-14,17-20,23-24H,11-12H2. The maximum absolute atomic E-state index is 10.2. The van der Waals surface area contributed by atoms with Crippen molar-refractivity contribution in [2.24, 2.45) is 9.98 Å². The van der Waals surface area contributed by atoms with Gasteiger partial charge in [-0.1, -0.05) is 60.7 Å². The Hall–Kier alpha value is -2.30. The van der Waals surface area contributed by atoms with Gasteiger partial charge in [0.2, 0.25) is 0 Å². The molecule has 0 saturated heterocycles. The number of hydrogen-bond donors (Lipinski definition) is 2. The Morgan fingerprint density at radius 1 is 0.667 bits per heavy atom. The number of nitrogens with zero attached hydrogens (tertiary/aromatic N) is 2. The predicted octanol–water partition coefficient (Wildman–Crippen LogP) is 2.48. The summed E-state index contributed by atoms with van der Waals surface area (Å²) in [6, 6.07) is 19.1. The Kier molecular flexibility index (Phi) is 5.51. The SMILES string of the molecule is OC1CC(O)C(N=Cc2ccccc2)CC1N=Cc1ccccc1. The maximum Gasteiger partial charge on any atom is 0.0789 e. The van der Waals surface area contributed by atoms with E-state index in [0.717, 1.165) is 11.1 Å². The van der Waals surface area contributed by atoms with Crippen LogP contribution in [0.4, 0.5) is 0 Å². The van der Waals surface area contributed by atoms with Crippen molar-refractivity contribution in [2.45, 2.75) is 37.1 Å². The van der Waals surface area contributed by atoms with Crippen LogP contribution >= 0.6 is 0 Å². The molecule has 0 bridgehead atoms. The average molecular weight is 322 g/mol. The third-order valence-electron chi connectivity index (χ3n) is 4.28. The van der Waals surface area contributed by atoms with E-state index in [1.807, 2.05) is 60.7 Å². The highest BCUT2D eigenvalue weighted by Crippen LogP contribution is 2.25. The van der Waals surface area contributed by atoms with Crippen LogP contribution in [-0.4, -0.2) is 46.9 Å². The van der Waals surface area contributed by atoms with E-state index in [1.165, 1.54) is 0 Å². The molecule has 0 radical (unpaired) electrons. The van der Waals surface area contributed by atoms with Crippen LogP contribution in [0.3, 0.4) is 0 Å². The second-order valence-electron chi connectivity index (χ2n) is 6.12. The molecule has 2 aromatic rings. The van der Waals surface area contributed by atoms with Gasteiger partial charge in [0.15, 0.2) is 0 Å². The summed E-state index contributed by atoms with van der Waals surface area (Å²) in [6.07, 6.45) is 3.13. The van der Waals surface area contributed by atoms with Crippen LogP contribution in [0, 0.1) is 0 Å². The fourth-order valence-corrected chi connectivity index (χ4v) is 2.89. The number of rotatable bonds is 4. The van der Waals surface area contributed by atoms with Gasteiger partial charge in [-0.3, -0.25) is 9.98 Å². The quantitative estimate of drug-likeness (QED) is 0.849. The van der Waals surface area contributed by atoms with E-state index >= 15 is 0 Å². The highest BCUT2D eigenvalue weighted by Gasteiger charge is 2.34. The summed E-state index contributed by atoms with van der Waals surface area (Å²) in [5.41, 5.74) is 2.00. The fraction of sp³-hybridized carbons (Fsp3) is 0.300. The minimum Gasteiger partial charge on any atom is -0.391 e. The van der Waals surface area contributed by atoms with Gasteiger partial charge in [0.25, 0.3) is 0 Å². The summed E-state index contributed by atoms with van der Waals surface area (Å²) in [5.74, 6) is 0. The second kappa shape index (κ2) is 7.99. The van der Waals surface area contributed by atoms with Crippen LogP contribution in [0.15, 0.2) is 70.6 Å². The van der Waals surface area contributed by atoms with Crippen molar-refractivity contribution in [3.8, 4) is 0 Å². The average Bonchev–Trinajstić information content (AvgIpc) is 2.62. The Morgan fingerprint density at radius 2 is 1.08 bits per heavy atom. The zero-order chi connectivity index (χ0) is 16.8. The molecule has 4 nitrogen and oxygen atoms in total. The van der Waals surface area contributed by atoms with Crippen LogP contribution < -0.4 is 0 Å². The van der Waals surface area contributed by atoms with Crippen molar-refractivity contribution in [3.05, 3.63) is 71.8 Å². The molecule has 1 fully saturated rings. The first-order valence-electron chi connectivity index (χ1n) is 8.25. The number of hydrogen-bond acceptors (Lipinski definition) is 4. The van der Waals surface area contributed by atoms with Gasteiger partial charge in [0.1, 0.15) is 0 Å². The molecule has 1 aliphatic carbocycles. The smallest absolute Gasteiger partial charge is 0.0789 e. The summed E-state index contributed by atoms with van der Waals surface area (Å²) in [6.45, 7) is 0. The van der Waals surface area contributed by atoms with Crippen molar-refractivity contribution >= 4 is 12.4 Å². The summed E-state index contributed by atoms with van der Waals surface area (Å²) in [4.78, 5) is 9.03. The Labute approximate surface area is 142 Å². The maximum atomic E-state index is 10.2. The van der Waals surface area contributed by atoms with Crippen molar-refractivity contribution in [3.63, 3.8) is 0 Å². The van der Waals surface area contributed by atoms with Gasteiger partial charge in [0.05, 0.1) is 24.3 Å². The highest BCUT2D eigenvalue weighted by molar-refractivity contribution is 5.80. The van der Waals surface area contributed by atoms with Gasteiger partial charge in [-0.05, 0) is 17.5 Å². The summed E-state index contributed by atoms with van der Waals surface area (Å²) in [7, 11) is 0. The lowest BCUT2D eigenvalue weighted by atomic mass is 9.87. The van der Waals surface area contributed by atoms with Crippen LogP contribution in [0.5, 0.6) is 0 Å². The van der Waals surface area contributed by atoms with Crippen molar-refractivity contribution in [2.75, 3.05) is 0 Å². The summed E-state index contributed by atoms with van der Waals surface area (Å²) in [5, 5.41) is 20.4. The van der Waals surface area contributed by atoms with E-state index in [0.29, 0.717) is 12.8 Å². The van der Waals surface area contributed by atoms with Gasteiger partial charge >= 0.3 is 0 Å². The molecule has 0 aromatic heterocycles. The van der Waals surface area contributed by atoms with E-state index in [9.17, 15) is 10.2 Å². The lowest BCUT2D eigenvalue weighted by Gasteiger charge is -2.32. The molecule has 0 spiro atoms. The van der Waals surface area contributed by atoms with Gasteiger partial charge in [0, 0.05) is 18.9 Å². The molecule has 24 heavy (non-hydrogen) atoms. The van der Waals surface area contributed by atoms with E-state index in [-0.39, 0.29) is 12.1 Å². The molecule has 4 atom stereocenters. The summed E-state index contributed by atoms with van der Waals surface area (Å²) < 4.78 is 0.